The van der Waals surface area contributed by atoms with Crippen molar-refractivity contribution >= 4 is 49.2 Å². The normalized spacial score (nSPS) is 10.2. The molecule has 0 unspecified atom stereocenters. The maximum Gasteiger partial charge on any atom is 0.0742 e. The van der Waals surface area contributed by atoms with E-state index in [1.54, 1.807) is 11.3 Å². The summed E-state index contributed by atoms with van der Waals surface area (Å²) in [7, 11) is 0. The van der Waals surface area contributed by atoms with Crippen LogP contribution in [-0.4, -0.2) is 5.97 Å². The van der Waals surface area contributed by atoms with Gasteiger partial charge in [-0.3, -0.25) is 0 Å². The van der Waals surface area contributed by atoms with Crippen LogP contribution in [-0.2, 0) is 11.2 Å². The highest BCUT2D eigenvalue weighted by molar-refractivity contribution is 9.12. The van der Waals surface area contributed by atoms with Gasteiger partial charge in [-0.25, -0.2) is 0 Å². The molecule has 1 aromatic heterocycles. The first-order chi connectivity index (χ1) is 5.59. The van der Waals surface area contributed by atoms with Gasteiger partial charge in [-0.1, -0.05) is 0 Å². The molecule has 0 saturated heterocycles. The third-order valence-corrected chi connectivity index (χ3v) is 3.79. The summed E-state index contributed by atoms with van der Waals surface area (Å²) in [5.74, 6) is -1.01. The lowest BCUT2D eigenvalue weighted by molar-refractivity contribution is -0.305. The van der Waals surface area contributed by atoms with E-state index >= 15 is 0 Å². The Labute approximate surface area is 90.9 Å². The maximum absolute atomic E-state index is 10.2. The molecule has 2 nitrogen and oxygen atoms in total. The van der Waals surface area contributed by atoms with E-state index in [1.807, 2.05) is 6.07 Å². The molecule has 1 heterocycles. The minimum absolute atomic E-state index is 0.0712. The van der Waals surface area contributed by atoms with Crippen molar-refractivity contribution in [1.82, 2.24) is 0 Å². The second-order valence-corrected chi connectivity index (χ2v) is 5.97. The summed E-state index contributed by atoms with van der Waals surface area (Å²) < 4.78 is 1.98. The number of hydrogen-bond acceptors (Lipinski definition) is 3. The molecule has 5 heteroatoms. The fourth-order valence-corrected chi connectivity index (χ4v) is 3.70. The number of rotatable bonds is 3. The van der Waals surface area contributed by atoms with Gasteiger partial charge >= 0.3 is 0 Å². The van der Waals surface area contributed by atoms with Gasteiger partial charge in [-0.15, -0.1) is 11.3 Å². The van der Waals surface area contributed by atoms with Gasteiger partial charge in [0.05, 0.1) is 7.57 Å². The smallest absolute Gasteiger partial charge is 0.0742 e. The van der Waals surface area contributed by atoms with E-state index in [4.69, 9.17) is 0 Å². The number of aryl methyl sites for hydroxylation is 1. The summed E-state index contributed by atoms with van der Waals surface area (Å²) in [5.41, 5.74) is 1.01. The van der Waals surface area contributed by atoms with Gasteiger partial charge in [0.2, 0.25) is 0 Å². The third kappa shape index (κ3) is 2.88. The Morgan fingerprint density at radius 3 is 2.67 bits per heavy atom. The Balaban J connectivity index is 2.62. The molecule has 0 aliphatic heterocycles. The quantitative estimate of drug-likeness (QED) is 0.856. The number of carbonyl (C=O) groups excluding carboxylic acids is 1. The van der Waals surface area contributed by atoms with Crippen LogP contribution in [0.1, 0.15) is 12.0 Å². The first-order valence-corrected chi connectivity index (χ1v) is 5.63. The van der Waals surface area contributed by atoms with E-state index in [0.717, 1.165) is 13.1 Å². The van der Waals surface area contributed by atoms with Crippen LogP contribution in [0, 0.1) is 0 Å². The summed E-state index contributed by atoms with van der Waals surface area (Å²) >= 11 is 8.20. The van der Waals surface area contributed by atoms with Crippen LogP contribution in [0.4, 0.5) is 0 Å². The monoisotopic (exact) mass is 311 g/mol. The lowest BCUT2D eigenvalue weighted by atomic mass is 10.2. The van der Waals surface area contributed by atoms with Crippen LogP contribution >= 0.6 is 43.2 Å². The molecule has 0 spiro atoms. The Kier molecular flexibility index (Phi) is 3.74. The summed E-state index contributed by atoms with van der Waals surface area (Å²) in [5, 5.41) is 10.2. The molecular formula is C7H5Br2O2S-. The maximum atomic E-state index is 10.2. The predicted molar refractivity (Wildman–Crippen MR) is 53.0 cm³/mol. The molecule has 0 fully saturated rings. The van der Waals surface area contributed by atoms with Crippen molar-refractivity contribution in [2.45, 2.75) is 12.8 Å². The van der Waals surface area contributed by atoms with Gasteiger partial charge in [-0.2, -0.15) is 0 Å². The molecule has 0 amide bonds. The summed E-state index contributed by atoms with van der Waals surface area (Å²) in [6, 6.07) is 1.91. The summed E-state index contributed by atoms with van der Waals surface area (Å²) in [6.45, 7) is 0. The zero-order valence-electron chi connectivity index (χ0n) is 5.97. The van der Waals surface area contributed by atoms with Gasteiger partial charge in [-0.05, 0) is 56.3 Å². The fourth-order valence-electron chi connectivity index (χ4n) is 0.782. The van der Waals surface area contributed by atoms with Crippen molar-refractivity contribution in [3.05, 3.63) is 19.2 Å². The highest BCUT2D eigenvalue weighted by Crippen LogP contribution is 2.32. The lowest BCUT2D eigenvalue weighted by Crippen LogP contribution is -2.22. The zero-order chi connectivity index (χ0) is 9.14. The van der Waals surface area contributed by atoms with Crippen molar-refractivity contribution in [1.29, 1.82) is 0 Å². The molecule has 0 radical (unpaired) electrons. The number of aliphatic carboxylic acids is 1. The molecule has 0 N–H and O–H groups in total. The van der Waals surface area contributed by atoms with E-state index < -0.39 is 5.97 Å². The standard InChI is InChI=1S/C7H6Br2O2S/c8-5-3-4(7(9)12-5)1-2-6(10)11/h3H,1-2H2,(H,10,11)/p-1. The van der Waals surface area contributed by atoms with Gasteiger partial charge < -0.3 is 9.90 Å². The molecule has 0 bridgehead atoms. The number of carboxylic acid groups (broad SMARTS) is 1. The first kappa shape index (κ1) is 10.2. The molecule has 1 rings (SSSR count). The van der Waals surface area contributed by atoms with Crippen molar-refractivity contribution in [2.75, 3.05) is 0 Å². The Hall–Kier alpha value is 0.130. The largest absolute Gasteiger partial charge is 0.550 e. The molecule has 0 aliphatic rings. The number of hydrogen-bond donors (Lipinski definition) is 0. The molecule has 0 aromatic carbocycles. The summed E-state index contributed by atoms with van der Waals surface area (Å²) in [4.78, 5) is 10.2. The average molecular weight is 313 g/mol. The topological polar surface area (TPSA) is 40.1 Å². The Bertz CT molecular complexity index is 296. The van der Waals surface area contributed by atoms with Gasteiger partial charge in [0.15, 0.2) is 0 Å². The van der Waals surface area contributed by atoms with Crippen molar-refractivity contribution in [3.8, 4) is 0 Å². The van der Waals surface area contributed by atoms with Gasteiger partial charge in [0.25, 0.3) is 0 Å². The van der Waals surface area contributed by atoms with E-state index in [2.05, 4.69) is 31.9 Å². The second kappa shape index (κ2) is 4.39. The fraction of sp³-hybridized carbons (Fsp3) is 0.286. The van der Waals surface area contributed by atoms with E-state index in [1.165, 1.54) is 0 Å². The first-order valence-electron chi connectivity index (χ1n) is 3.23. The predicted octanol–water partition coefficient (Wildman–Crippen LogP) is 1.96. The zero-order valence-corrected chi connectivity index (χ0v) is 9.96. The van der Waals surface area contributed by atoms with Crippen molar-refractivity contribution in [3.63, 3.8) is 0 Å². The van der Waals surface area contributed by atoms with E-state index in [-0.39, 0.29) is 6.42 Å². The van der Waals surface area contributed by atoms with Gasteiger partial charge in [0, 0.05) is 5.97 Å². The third-order valence-electron chi connectivity index (χ3n) is 1.33. The average Bonchev–Trinajstić information content (AvgIpc) is 2.26. The highest BCUT2D eigenvalue weighted by atomic mass is 79.9. The van der Waals surface area contributed by atoms with Crippen molar-refractivity contribution in [2.24, 2.45) is 0 Å². The molecule has 66 valence electrons. The molecule has 0 aliphatic carbocycles. The molecule has 12 heavy (non-hydrogen) atoms. The van der Waals surface area contributed by atoms with E-state index in [0.29, 0.717) is 6.42 Å². The SMILES string of the molecule is O=C([O-])CCc1cc(Br)sc1Br. The van der Waals surface area contributed by atoms with Crippen molar-refractivity contribution < 1.29 is 9.90 Å². The Morgan fingerprint density at radius 2 is 2.25 bits per heavy atom. The number of halogens is 2. The molecular weight excluding hydrogens is 308 g/mol. The van der Waals surface area contributed by atoms with Crippen LogP contribution in [0.15, 0.2) is 13.6 Å². The van der Waals surface area contributed by atoms with Crippen LogP contribution in [0.5, 0.6) is 0 Å². The van der Waals surface area contributed by atoms with Crippen LogP contribution in [0.2, 0.25) is 0 Å². The molecule has 0 atom stereocenters. The molecule has 1 aromatic rings. The summed E-state index contributed by atoms with van der Waals surface area (Å²) in [6.07, 6.45) is 0.590. The van der Waals surface area contributed by atoms with E-state index in [9.17, 15) is 9.90 Å². The van der Waals surface area contributed by atoms with Crippen LogP contribution in [0.25, 0.3) is 0 Å². The second-order valence-electron chi connectivity index (χ2n) is 2.22. The minimum Gasteiger partial charge on any atom is -0.550 e. The van der Waals surface area contributed by atoms with Gasteiger partial charge in [0.1, 0.15) is 0 Å². The lowest BCUT2D eigenvalue weighted by Gasteiger charge is -1.99. The van der Waals surface area contributed by atoms with Crippen LogP contribution in [0.3, 0.4) is 0 Å². The highest BCUT2D eigenvalue weighted by Gasteiger charge is 2.04. The van der Waals surface area contributed by atoms with Crippen LogP contribution < -0.4 is 5.11 Å². The molecule has 0 saturated carbocycles. The minimum atomic E-state index is -1.01. The Morgan fingerprint density at radius 1 is 1.58 bits per heavy atom. The number of carboxylic acids is 1. The number of carbonyl (C=O) groups is 1. The number of thiophene rings is 1.